The highest BCUT2D eigenvalue weighted by molar-refractivity contribution is 9.10. The van der Waals surface area contributed by atoms with Gasteiger partial charge in [0, 0.05) is 21.5 Å². The van der Waals surface area contributed by atoms with E-state index in [4.69, 9.17) is 4.74 Å². The summed E-state index contributed by atoms with van der Waals surface area (Å²) in [6.07, 6.45) is 0.0301. The van der Waals surface area contributed by atoms with Gasteiger partial charge in [-0.3, -0.25) is 0 Å². The van der Waals surface area contributed by atoms with Crippen LogP contribution in [-0.4, -0.2) is 31.3 Å². The minimum absolute atomic E-state index is 0.0301. The number of halogens is 2. The molecule has 0 radical (unpaired) electrons. The van der Waals surface area contributed by atoms with Gasteiger partial charge in [-0.1, -0.05) is 15.9 Å². The molecule has 2 unspecified atom stereocenters. The molecule has 2 rings (SSSR count). The van der Waals surface area contributed by atoms with Crippen LogP contribution >= 0.6 is 27.7 Å². The Morgan fingerprint density at radius 2 is 2.41 bits per heavy atom. The fourth-order valence-corrected chi connectivity index (χ4v) is 3.27. The fraction of sp³-hybridized carbons (Fsp3) is 0.500. The average Bonchev–Trinajstić information content (AvgIpc) is 2.36. The molecule has 1 saturated heterocycles. The lowest BCUT2D eigenvalue weighted by Crippen LogP contribution is -2.37. The number of likely N-dealkylation sites (N-methyl/N-ethyl adjacent to an activating group) is 1. The number of rotatable bonds is 3. The Morgan fingerprint density at radius 3 is 3.06 bits per heavy atom. The van der Waals surface area contributed by atoms with Crippen molar-refractivity contribution in [2.45, 2.75) is 12.1 Å². The van der Waals surface area contributed by atoms with E-state index in [2.05, 4.69) is 21.2 Å². The fourth-order valence-electron chi connectivity index (χ4n) is 1.99. The molecule has 2 nitrogen and oxygen atoms in total. The maximum atomic E-state index is 13.8. The van der Waals surface area contributed by atoms with E-state index in [1.54, 1.807) is 6.07 Å². The van der Waals surface area contributed by atoms with E-state index in [0.29, 0.717) is 5.56 Å². The minimum atomic E-state index is -0.188. The highest BCUT2D eigenvalue weighted by Crippen LogP contribution is 2.28. The van der Waals surface area contributed by atoms with Crippen molar-refractivity contribution < 1.29 is 9.13 Å². The Hall–Kier alpha value is -0.100. The van der Waals surface area contributed by atoms with Crippen molar-refractivity contribution in [1.29, 1.82) is 0 Å². The molecule has 0 aromatic heterocycles. The highest BCUT2D eigenvalue weighted by Gasteiger charge is 2.27. The van der Waals surface area contributed by atoms with E-state index in [1.807, 2.05) is 24.9 Å². The first-order valence-corrected chi connectivity index (χ1v) is 7.48. The molecule has 5 heteroatoms. The first-order valence-electron chi connectivity index (χ1n) is 5.54. The number of hydrogen-bond acceptors (Lipinski definition) is 3. The molecule has 1 heterocycles. The van der Waals surface area contributed by atoms with E-state index in [9.17, 15) is 4.39 Å². The Morgan fingerprint density at radius 1 is 1.59 bits per heavy atom. The SMILES string of the molecule is CNC(c1cc(Br)ccc1F)C1CSCCO1. The smallest absolute Gasteiger partial charge is 0.128 e. The molecule has 0 aliphatic carbocycles. The van der Waals surface area contributed by atoms with Crippen LogP contribution in [0.5, 0.6) is 0 Å². The molecule has 1 N–H and O–H groups in total. The summed E-state index contributed by atoms with van der Waals surface area (Å²) in [5.74, 6) is 1.73. The molecule has 2 atom stereocenters. The van der Waals surface area contributed by atoms with Gasteiger partial charge in [0.25, 0.3) is 0 Å². The molecule has 0 saturated carbocycles. The van der Waals surface area contributed by atoms with Crippen LogP contribution in [0.4, 0.5) is 4.39 Å². The van der Waals surface area contributed by atoms with Gasteiger partial charge in [-0.2, -0.15) is 11.8 Å². The Balaban J connectivity index is 2.24. The van der Waals surface area contributed by atoms with E-state index >= 15 is 0 Å². The van der Waals surface area contributed by atoms with Gasteiger partial charge in [-0.05, 0) is 25.2 Å². The molecule has 1 aliphatic heterocycles. The first kappa shape index (κ1) is 13.3. The predicted molar refractivity (Wildman–Crippen MR) is 73.0 cm³/mol. The zero-order valence-electron chi connectivity index (χ0n) is 9.58. The molecule has 17 heavy (non-hydrogen) atoms. The van der Waals surface area contributed by atoms with Crippen molar-refractivity contribution in [3.63, 3.8) is 0 Å². The zero-order chi connectivity index (χ0) is 12.3. The second-order valence-electron chi connectivity index (χ2n) is 3.92. The summed E-state index contributed by atoms with van der Waals surface area (Å²) in [6.45, 7) is 0.739. The van der Waals surface area contributed by atoms with Crippen LogP contribution < -0.4 is 5.32 Å². The third kappa shape index (κ3) is 3.22. The van der Waals surface area contributed by atoms with Gasteiger partial charge in [0.15, 0.2) is 0 Å². The molecule has 1 aromatic rings. The van der Waals surface area contributed by atoms with Crippen molar-refractivity contribution in [1.82, 2.24) is 5.32 Å². The largest absolute Gasteiger partial charge is 0.375 e. The minimum Gasteiger partial charge on any atom is -0.375 e. The maximum absolute atomic E-state index is 13.8. The van der Waals surface area contributed by atoms with Gasteiger partial charge in [0.1, 0.15) is 5.82 Å². The van der Waals surface area contributed by atoms with Crippen molar-refractivity contribution in [3.8, 4) is 0 Å². The quantitative estimate of drug-likeness (QED) is 0.925. The van der Waals surface area contributed by atoms with Gasteiger partial charge in [-0.25, -0.2) is 4.39 Å². The summed E-state index contributed by atoms with van der Waals surface area (Å²) >= 11 is 5.23. The Bertz CT molecular complexity index is 385. The van der Waals surface area contributed by atoms with E-state index in [0.717, 1.165) is 22.6 Å². The molecule has 0 bridgehead atoms. The van der Waals surface area contributed by atoms with Gasteiger partial charge in [0.05, 0.1) is 18.8 Å². The molecule has 94 valence electrons. The third-order valence-electron chi connectivity index (χ3n) is 2.82. The number of hydrogen-bond donors (Lipinski definition) is 1. The lowest BCUT2D eigenvalue weighted by Gasteiger charge is -2.30. The summed E-state index contributed by atoms with van der Waals surface area (Å²) in [4.78, 5) is 0. The summed E-state index contributed by atoms with van der Waals surface area (Å²) in [7, 11) is 1.84. The van der Waals surface area contributed by atoms with Crippen molar-refractivity contribution in [2.75, 3.05) is 25.2 Å². The Labute approximate surface area is 113 Å². The summed E-state index contributed by atoms with van der Waals surface area (Å²) < 4.78 is 20.4. The second kappa shape index (κ2) is 6.18. The van der Waals surface area contributed by atoms with Crippen molar-refractivity contribution in [2.24, 2.45) is 0 Å². The topological polar surface area (TPSA) is 21.3 Å². The monoisotopic (exact) mass is 319 g/mol. The van der Waals surface area contributed by atoms with Gasteiger partial charge < -0.3 is 10.1 Å². The van der Waals surface area contributed by atoms with Crippen LogP contribution in [-0.2, 0) is 4.74 Å². The van der Waals surface area contributed by atoms with Crippen LogP contribution in [0.15, 0.2) is 22.7 Å². The highest BCUT2D eigenvalue weighted by atomic mass is 79.9. The molecule has 0 spiro atoms. The summed E-state index contributed by atoms with van der Waals surface area (Å²) in [5.41, 5.74) is 0.661. The number of ether oxygens (including phenoxy) is 1. The van der Waals surface area contributed by atoms with E-state index in [-0.39, 0.29) is 18.0 Å². The average molecular weight is 320 g/mol. The Kier molecular flexibility index (Phi) is 4.85. The van der Waals surface area contributed by atoms with Crippen molar-refractivity contribution >= 4 is 27.7 Å². The summed E-state index contributed by atoms with van der Waals surface area (Å²) in [5, 5.41) is 3.16. The summed E-state index contributed by atoms with van der Waals surface area (Å²) in [6, 6.07) is 4.92. The van der Waals surface area contributed by atoms with Crippen molar-refractivity contribution in [3.05, 3.63) is 34.1 Å². The van der Waals surface area contributed by atoms with Gasteiger partial charge in [-0.15, -0.1) is 0 Å². The van der Waals surface area contributed by atoms with Crippen LogP contribution in [0.1, 0.15) is 11.6 Å². The molecule has 0 amide bonds. The normalized spacial score (nSPS) is 22.4. The lowest BCUT2D eigenvalue weighted by atomic mass is 10.0. The zero-order valence-corrected chi connectivity index (χ0v) is 12.0. The number of nitrogens with one attached hydrogen (secondary N) is 1. The molecule has 1 aliphatic rings. The standard InChI is InChI=1S/C12H15BrFNOS/c1-15-12(11-7-17-5-4-16-11)9-6-8(13)2-3-10(9)14/h2-3,6,11-12,15H,4-5,7H2,1H3. The van der Waals surface area contributed by atoms with E-state index < -0.39 is 0 Å². The molecule has 1 fully saturated rings. The van der Waals surface area contributed by atoms with Crippen LogP contribution in [0, 0.1) is 5.82 Å². The van der Waals surface area contributed by atoms with Crippen LogP contribution in [0.3, 0.4) is 0 Å². The van der Waals surface area contributed by atoms with Gasteiger partial charge in [0.2, 0.25) is 0 Å². The number of benzene rings is 1. The van der Waals surface area contributed by atoms with Crippen LogP contribution in [0.2, 0.25) is 0 Å². The van der Waals surface area contributed by atoms with Gasteiger partial charge >= 0.3 is 0 Å². The number of thioether (sulfide) groups is 1. The predicted octanol–water partition coefficient (Wildman–Crippen LogP) is 2.98. The lowest BCUT2D eigenvalue weighted by molar-refractivity contribution is 0.0479. The second-order valence-corrected chi connectivity index (χ2v) is 5.98. The maximum Gasteiger partial charge on any atom is 0.128 e. The first-order chi connectivity index (χ1) is 8.22. The molecular formula is C12H15BrFNOS. The molecule has 1 aromatic carbocycles. The third-order valence-corrected chi connectivity index (χ3v) is 4.33. The van der Waals surface area contributed by atoms with Crippen LogP contribution in [0.25, 0.3) is 0 Å². The van der Waals surface area contributed by atoms with E-state index in [1.165, 1.54) is 6.07 Å². The molecular weight excluding hydrogens is 305 g/mol.